The monoisotopic (exact) mass is 308 g/mol. The van der Waals surface area contributed by atoms with Crippen LogP contribution in [0.2, 0.25) is 0 Å². The van der Waals surface area contributed by atoms with Crippen LogP contribution in [0.4, 0.5) is 5.69 Å². The molecule has 1 amide bonds. The molecule has 3 aromatic rings. The van der Waals surface area contributed by atoms with E-state index in [2.05, 4.69) is 0 Å². The van der Waals surface area contributed by atoms with Crippen LogP contribution in [0.1, 0.15) is 10.4 Å². The molecule has 1 aromatic heterocycles. The maximum atomic E-state index is 12.4. The first kappa shape index (κ1) is 14.8. The van der Waals surface area contributed by atoms with E-state index in [4.69, 9.17) is 5.11 Å². The van der Waals surface area contributed by atoms with Gasteiger partial charge in [0.25, 0.3) is 0 Å². The number of carboxylic acids is 1. The second kappa shape index (κ2) is 5.96. The average Bonchev–Trinajstić information content (AvgIpc) is 2.97. The van der Waals surface area contributed by atoms with E-state index in [1.165, 1.54) is 0 Å². The maximum Gasteiger partial charge on any atom is 0.335 e. The van der Waals surface area contributed by atoms with Crippen LogP contribution in [-0.4, -0.2) is 28.6 Å². The molecule has 23 heavy (non-hydrogen) atoms. The minimum absolute atomic E-state index is 0.0454. The van der Waals surface area contributed by atoms with E-state index < -0.39 is 5.97 Å². The number of carbonyl (C=O) groups excluding carboxylic acids is 1. The number of aromatic nitrogens is 1. The summed E-state index contributed by atoms with van der Waals surface area (Å²) in [6.45, 7) is 0.196. The number of fused-ring (bicyclic) bond motifs is 1. The summed E-state index contributed by atoms with van der Waals surface area (Å²) in [6.07, 6.45) is 1.80. The smallest absolute Gasteiger partial charge is 0.335 e. The Bertz CT molecular complexity index is 868. The highest BCUT2D eigenvalue weighted by molar-refractivity contribution is 5.96. The molecule has 3 rings (SSSR count). The summed E-state index contributed by atoms with van der Waals surface area (Å²) < 4.78 is 1.82. The van der Waals surface area contributed by atoms with Crippen LogP contribution in [0, 0.1) is 0 Å². The Labute approximate surface area is 133 Å². The van der Waals surface area contributed by atoms with Crippen molar-refractivity contribution in [3.05, 3.63) is 66.4 Å². The largest absolute Gasteiger partial charge is 0.478 e. The summed E-state index contributed by atoms with van der Waals surface area (Å²) in [5.41, 5.74) is 1.91. The van der Waals surface area contributed by atoms with Gasteiger partial charge in [0, 0.05) is 29.8 Å². The highest BCUT2D eigenvalue weighted by Crippen LogP contribution is 2.19. The molecule has 0 saturated heterocycles. The summed E-state index contributed by atoms with van der Waals surface area (Å²) in [7, 11) is 1.74. The quantitative estimate of drug-likeness (QED) is 0.806. The second-order valence-electron chi connectivity index (χ2n) is 5.31. The molecule has 0 fully saturated rings. The fourth-order valence-electron chi connectivity index (χ4n) is 2.52. The van der Waals surface area contributed by atoms with Crippen LogP contribution in [0.5, 0.6) is 0 Å². The lowest BCUT2D eigenvalue weighted by Crippen LogP contribution is -2.29. The summed E-state index contributed by atoms with van der Waals surface area (Å²) in [4.78, 5) is 25.1. The molecule has 0 saturated carbocycles. The molecule has 2 aromatic carbocycles. The Kier molecular flexibility index (Phi) is 3.85. The second-order valence-corrected chi connectivity index (χ2v) is 5.31. The Hall–Kier alpha value is -3.08. The van der Waals surface area contributed by atoms with Crippen molar-refractivity contribution in [3.63, 3.8) is 0 Å². The van der Waals surface area contributed by atoms with Gasteiger partial charge in [0.05, 0.1) is 5.56 Å². The van der Waals surface area contributed by atoms with Gasteiger partial charge in [0.2, 0.25) is 5.91 Å². The van der Waals surface area contributed by atoms with E-state index >= 15 is 0 Å². The van der Waals surface area contributed by atoms with Crippen molar-refractivity contribution >= 4 is 28.5 Å². The lowest BCUT2D eigenvalue weighted by atomic mass is 10.1. The van der Waals surface area contributed by atoms with Gasteiger partial charge in [-0.3, -0.25) is 4.79 Å². The first-order chi connectivity index (χ1) is 11.1. The van der Waals surface area contributed by atoms with Gasteiger partial charge in [-0.1, -0.05) is 18.2 Å². The number of aromatic carboxylic acids is 1. The molecule has 5 nitrogen and oxygen atoms in total. The molecule has 1 heterocycles. The molecule has 116 valence electrons. The van der Waals surface area contributed by atoms with E-state index in [0.717, 1.165) is 16.6 Å². The standard InChI is InChI=1S/C18H16N2O3/c1-19(15-5-3-2-4-6-15)17(21)12-20-10-9-13-11-14(18(22)23)7-8-16(13)20/h2-11H,12H2,1H3,(H,22,23). The Morgan fingerprint density at radius 1 is 1.09 bits per heavy atom. The number of amides is 1. The Morgan fingerprint density at radius 3 is 2.52 bits per heavy atom. The number of likely N-dealkylation sites (N-methyl/N-ethyl adjacent to an activating group) is 1. The third-order valence-electron chi connectivity index (χ3n) is 3.84. The summed E-state index contributed by atoms with van der Waals surface area (Å²) in [5.74, 6) is -1.00. The normalized spacial score (nSPS) is 10.7. The van der Waals surface area contributed by atoms with Crippen molar-refractivity contribution in [3.8, 4) is 0 Å². The van der Waals surface area contributed by atoms with Gasteiger partial charge in [-0.05, 0) is 36.4 Å². The van der Waals surface area contributed by atoms with E-state index in [1.54, 1.807) is 36.3 Å². The number of anilines is 1. The molecule has 0 bridgehead atoms. The summed E-state index contributed by atoms with van der Waals surface area (Å²) in [6, 6.07) is 16.1. The number of benzene rings is 2. The molecule has 0 aliphatic carbocycles. The van der Waals surface area contributed by atoms with E-state index in [1.807, 2.05) is 41.0 Å². The molecule has 0 atom stereocenters. The van der Waals surface area contributed by atoms with E-state index in [0.29, 0.717) is 0 Å². The predicted molar refractivity (Wildman–Crippen MR) is 88.7 cm³/mol. The number of para-hydroxylation sites is 1. The zero-order chi connectivity index (χ0) is 16.4. The molecule has 5 heteroatoms. The third-order valence-corrected chi connectivity index (χ3v) is 3.84. The fraction of sp³-hybridized carbons (Fsp3) is 0.111. The summed E-state index contributed by atoms with van der Waals surface area (Å²) >= 11 is 0. The van der Waals surface area contributed by atoms with Crippen LogP contribution >= 0.6 is 0 Å². The van der Waals surface area contributed by atoms with Gasteiger partial charge in [0.15, 0.2) is 0 Å². The van der Waals surface area contributed by atoms with Gasteiger partial charge in [-0.25, -0.2) is 4.79 Å². The average molecular weight is 308 g/mol. The maximum absolute atomic E-state index is 12.4. The lowest BCUT2D eigenvalue weighted by molar-refractivity contribution is -0.118. The van der Waals surface area contributed by atoms with Crippen molar-refractivity contribution in [2.75, 3.05) is 11.9 Å². The van der Waals surface area contributed by atoms with Crippen molar-refractivity contribution in [2.45, 2.75) is 6.54 Å². The van der Waals surface area contributed by atoms with Crippen LogP contribution in [0.15, 0.2) is 60.8 Å². The molecule has 0 aliphatic heterocycles. The SMILES string of the molecule is CN(C(=O)Cn1ccc2cc(C(=O)O)ccc21)c1ccccc1. The number of carboxylic acid groups (broad SMARTS) is 1. The number of rotatable bonds is 4. The van der Waals surface area contributed by atoms with Gasteiger partial charge >= 0.3 is 5.97 Å². The topological polar surface area (TPSA) is 62.5 Å². The van der Waals surface area contributed by atoms with Gasteiger partial charge in [-0.15, -0.1) is 0 Å². The van der Waals surface area contributed by atoms with Crippen molar-refractivity contribution < 1.29 is 14.7 Å². The zero-order valence-electron chi connectivity index (χ0n) is 12.6. The van der Waals surface area contributed by atoms with Gasteiger partial charge in [0.1, 0.15) is 6.54 Å². The molecular weight excluding hydrogens is 292 g/mol. The highest BCUT2D eigenvalue weighted by atomic mass is 16.4. The number of hydrogen-bond donors (Lipinski definition) is 1. The van der Waals surface area contributed by atoms with Crippen LogP contribution in [-0.2, 0) is 11.3 Å². The lowest BCUT2D eigenvalue weighted by Gasteiger charge is -2.18. The molecule has 1 N–H and O–H groups in total. The molecule has 0 radical (unpaired) electrons. The number of hydrogen-bond acceptors (Lipinski definition) is 2. The van der Waals surface area contributed by atoms with Crippen LogP contribution in [0.25, 0.3) is 10.9 Å². The van der Waals surface area contributed by atoms with E-state index in [9.17, 15) is 9.59 Å². The van der Waals surface area contributed by atoms with Gasteiger partial charge in [-0.2, -0.15) is 0 Å². The molecule has 0 unspecified atom stereocenters. The van der Waals surface area contributed by atoms with Crippen molar-refractivity contribution in [2.24, 2.45) is 0 Å². The van der Waals surface area contributed by atoms with Crippen LogP contribution < -0.4 is 4.90 Å². The zero-order valence-corrected chi connectivity index (χ0v) is 12.6. The van der Waals surface area contributed by atoms with Gasteiger partial charge < -0.3 is 14.6 Å². The summed E-state index contributed by atoms with van der Waals surface area (Å²) in [5, 5.41) is 9.83. The number of carbonyl (C=O) groups is 2. The minimum Gasteiger partial charge on any atom is -0.478 e. The first-order valence-electron chi connectivity index (χ1n) is 7.20. The van der Waals surface area contributed by atoms with Crippen molar-refractivity contribution in [1.29, 1.82) is 0 Å². The minimum atomic E-state index is -0.959. The first-order valence-corrected chi connectivity index (χ1v) is 7.20. The highest BCUT2D eigenvalue weighted by Gasteiger charge is 2.13. The molecule has 0 spiro atoms. The van der Waals surface area contributed by atoms with Crippen molar-refractivity contribution in [1.82, 2.24) is 4.57 Å². The van der Waals surface area contributed by atoms with Crippen LogP contribution in [0.3, 0.4) is 0 Å². The molecule has 0 aliphatic rings. The number of nitrogens with zero attached hydrogens (tertiary/aromatic N) is 2. The Balaban J connectivity index is 1.84. The molecular formula is C18H16N2O3. The Morgan fingerprint density at radius 2 is 1.83 bits per heavy atom. The fourth-order valence-corrected chi connectivity index (χ4v) is 2.52. The predicted octanol–water partition coefficient (Wildman–Crippen LogP) is 3.00. The third kappa shape index (κ3) is 2.94. The van der Waals surface area contributed by atoms with E-state index in [-0.39, 0.29) is 18.0 Å².